The second-order valence-electron chi connectivity index (χ2n) is 6.10. The highest BCUT2D eigenvalue weighted by Crippen LogP contribution is 2.30. The number of aromatic nitrogens is 2. The third-order valence-electron chi connectivity index (χ3n) is 3.80. The summed E-state index contributed by atoms with van der Waals surface area (Å²) in [7, 11) is 0. The van der Waals surface area contributed by atoms with Crippen LogP contribution in [0.25, 0.3) is 17.5 Å². The Morgan fingerprint density at radius 3 is 2.37 bits per heavy atom. The molecular weight excluding hydrogens is 384 g/mol. The fraction of sp³-hybridized carbons (Fsp3) is 0.150. The molecule has 3 aromatic rings. The molecule has 0 aliphatic carbocycles. The maximum atomic E-state index is 11.5. The summed E-state index contributed by atoms with van der Waals surface area (Å²) in [5.74, 6) is -0.616. The number of benzene rings is 2. The standard InChI is InChI=1S/C20H17ClN2O3S/c1-12(2)14-5-3-13(4-6-14)11-17(19(24)25)27-20-23-22-18(26-20)15-7-9-16(21)10-8-15/h3-12H,1-2H3,(H,24,25)/p-1/b17-11-. The molecule has 0 saturated heterocycles. The molecule has 0 bridgehead atoms. The van der Waals surface area contributed by atoms with E-state index < -0.39 is 5.97 Å². The minimum Gasteiger partial charge on any atom is -0.544 e. The number of halogens is 1. The molecule has 1 aromatic heterocycles. The van der Waals surface area contributed by atoms with Crippen molar-refractivity contribution in [3.63, 3.8) is 0 Å². The Balaban J connectivity index is 1.80. The van der Waals surface area contributed by atoms with Gasteiger partial charge in [-0.2, -0.15) is 0 Å². The number of rotatable bonds is 6. The summed E-state index contributed by atoms with van der Waals surface area (Å²) in [6.45, 7) is 4.20. The number of carbonyl (C=O) groups excluding carboxylic acids is 1. The molecule has 7 heteroatoms. The lowest BCUT2D eigenvalue weighted by molar-refractivity contribution is -0.298. The van der Waals surface area contributed by atoms with Crippen LogP contribution in [0.4, 0.5) is 0 Å². The average molecular weight is 400 g/mol. The summed E-state index contributed by atoms with van der Waals surface area (Å²) in [5.41, 5.74) is 2.63. The highest BCUT2D eigenvalue weighted by Gasteiger charge is 2.12. The zero-order valence-electron chi connectivity index (χ0n) is 14.7. The molecule has 0 N–H and O–H groups in total. The summed E-state index contributed by atoms with van der Waals surface area (Å²) in [5, 5.41) is 20.1. The van der Waals surface area contributed by atoms with Gasteiger partial charge in [-0.05, 0) is 59.1 Å². The molecule has 27 heavy (non-hydrogen) atoms. The van der Waals surface area contributed by atoms with E-state index in [-0.39, 0.29) is 16.0 Å². The Labute approximate surface area is 166 Å². The fourth-order valence-corrected chi connectivity index (χ4v) is 3.11. The quantitative estimate of drug-likeness (QED) is 0.451. The van der Waals surface area contributed by atoms with Crippen molar-refractivity contribution >= 4 is 35.4 Å². The molecule has 0 atom stereocenters. The number of carboxylic acids is 1. The Morgan fingerprint density at radius 1 is 1.11 bits per heavy atom. The van der Waals surface area contributed by atoms with Gasteiger partial charge in [0.25, 0.3) is 5.22 Å². The van der Waals surface area contributed by atoms with E-state index in [1.54, 1.807) is 24.3 Å². The van der Waals surface area contributed by atoms with Gasteiger partial charge in [0, 0.05) is 15.5 Å². The van der Waals surface area contributed by atoms with Crippen LogP contribution in [0.1, 0.15) is 30.9 Å². The number of thioether (sulfide) groups is 1. The number of carboxylic acid groups (broad SMARTS) is 1. The van der Waals surface area contributed by atoms with Crippen molar-refractivity contribution in [2.24, 2.45) is 0 Å². The van der Waals surface area contributed by atoms with Gasteiger partial charge in [0.15, 0.2) is 0 Å². The molecule has 0 fully saturated rings. The molecule has 0 aliphatic heterocycles. The smallest absolute Gasteiger partial charge is 0.281 e. The fourth-order valence-electron chi connectivity index (χ4n) is 2.31. The van der Waals surface area contributed by atoms with Crippen LogP contribution in [0.5, 0.6) is 0 Å². The predicted molar refractivity (Wildman–Crippen MR) is 104 cm³/mol. The molecule has 138 valence electrons. The number of aliphatic carboxylic acids is 1. The van der Waals surface area contributed by atoms with Crippen LogP contribution < -0.4 is 5.11 Å². The first-order chi connectivity index (χ1) is 12.9. The van der Waals surface area contributed by atoms with E-state index in [1.165, 1.54) is 11.6 Å². The van der Waals surface area contributed by atoms with E-state index in [9.17, 15) is 9.90 Å². The summed E-state index contributed by atoms with van der Waals surface area (Å²) >= 11 is 6.72. The lowest BCUT2D eigenvalue weighted by Gasteiger charge is -2.07. The largest absolute Gasteiger partial charge is 0.544 e. The molecule has 0 aliphatic rings. The Hall–Kier alpha value is -2.57. The lowest BCUT2D eigenvalue weighted by atomic mass is 10.0. The molecule has 0 spiro atoms. The van der Waals surface area contributed by atoms with Crippen molar-refractivity contribution in [3.05, 3.63) is 69.6 Å². The van der Waals surface area contributed by atoms with E-state index >= 15 is 0 Å². The van der Waals surface area contributed by atoms with Crippen molar-refractivity contribution in [2.45, 2.75) is 25.0 Å². The highest BCUT2D eigenvalue weighted by atomic mass is 35.5. The van der Waals surface area contributed by atoms with Crippen LogP contribution in [0.15, 0.2) is 63.1 Å². The van der Waals surface area contributed by atoms with Crippen molar-refractivity contribution in [1.82, 2.24) is 10.2 Å². The van der Waals surface area contributed by atoms with Crippen molar-refractivity contribution in [2.75, 3.05) is 0 Å². The Bertz CT molecular complexity index is 964. The summed E-state index contributed by atoms with van der Waals surface area (Å²) in [6, 6.07) is 14.6. The van der Waals surface area contributed by atoms with E-state index in [1.807, 2.05) is 24.3 Å². The van der Waals surface area contributed by atoms with Crippen LogP contribution in [-0.4, -0.2) is 16.2 Å². The minimum atomic E-state index is -1.31. The van der Waals surface area contributed by atoms with Crippen LogP contribution in [0.3, 0.4) is 0 Å². The second-order valence-corrected chi connectivity index (χ2v) is 7.53. The van der Waals surface area contributed by atoms with Crippen LogP contribution >= 0.6 is 23.4 Å². The molecule has 5 nitrogen and oxygen atoms in total. The summed E-state index contributed by atoms with van der Waals surface area (Å²) in [4.78, 5) is 11.5. The first kappa shape index (κ1) is 19.2. The number of nitrogens with zero attached hydrogens (tertiary/aromatic N) is 2. The second kappa shape index (κ2) is 8.41. The van der Waals surface area contributed by atoms with Gasteiger partial charge in [0.05, 0.1) is 5.97 Å². The van der Waals surface area contributed by atoms with Crippen LogP contribution in [-0.2, 0) is 4.79 Å². The topological polar surface area (TPSA) is 79.0 Å². The summed E-state index contributed by atoms with van der Waals surface area (Å²) < 4.78 is 5.54. The monoisotopic (exact) mass is 399 g/mol. The van der Waals surface area contributed by atoms with E-state index in [0.29, 0.717) is 16.5 Å². The number of hydrogen-bond acceptors (Lipinski definition) is 6. The molecule has 3 rings (SSSR count). The van der Waals surface area contributed by atoms with Gasteiger partial charge in [-0.25, -0.2) is 0 Å². The van der Waals surface area contributed by atoms with Gasteiger partial charge in [0.1, 0.15) is 0 Å². The van der Waals surface area contributed by atoms with E-state index in [2.05, 4.69) is 24.0 Å². The lowest BCUT2D eigenvalue weighted by Crippen LogP contribution is -2.23. The molecule has 0 unspecified atom stereocenters. The van der Waals surface area contributed by atoms with Gasteiger partial charge < -0.3 is 14.3 Å². The normalized spacial score (nSPS) is 11.8. The third-order valence-corrected chi connectivity index (χ3v) is 4.89. The average Bonchev–Trinajstić information content (AvgIpc) is 3.10. The number of hydrogen-bond donors (Lipinski definition) is 0. The van der Waals surface area contributed by atoms with Crippen LogP contribution in [0, 0.1) is 0 Å². The first-order valence-electron chi connectivity index (χ1n) is 8.22. The van der Waals surface area contributed by atoms with Crippen molar-refractivity contribution in [3.8, 4) is 11.5 Å². The van der Waals surface area contributed by atoms with Gasteiger partial charge in [-0.15, -0.1) is 10.2 Å². The summed E-state index contributed by atoms with van der Waals surface area (Å²) in [6.07, 6.45) is 1.52. The van der Waals surface area contributed by atoms with Crippen molar-refractivity contribution < 1.29 is 14.3 Å². The number of carbonyl (C=O) groups is 1. The molecule has 0 saturated carbocycles. The van der Waals surface area contributed by atoms with Crippen molar-refractivity contribution in [1.29, 1.82) is 0 Å². The van der Waals surface area contributed by atoms with Gasteiger partial charge >= 0.3 is 0 Å². The van der Waals surface area contributed by atoms with Gasteiger partial charge in [-0.3, -0.25) is 0 Å². The SMILES string of the molecule is CC(C)c1ccc(/C=C(\Sc2nnc(-c3ccc(Cl)cc3)o2)C(=O)[O-])cc1. The first-order valence-corrected chi connectivity index (χ1v) is 9.42. The van der Waals surface area contributed by atoms with E-state index in [0.717, 1.165) is 17.3 Å². The third kappa shape index (κ3) is 4.99. The maximum absolute atomic E-state index is 11.5. The zero-order chi connectivity index (χ0) is 19.4. The van der Waals surface area contributed by atoms with E-state index in [4.69, 9.17) is 16.0 Å². The molecule has 1 heterocycles. The van der Waals surface area contributed by atoms with Gasteiger partial charge in [0.2, 0.25) is 5.89 Å². The molecule has 0 radical (unpaired) electrons. The predicted octanol–water partition coefficient (Wildman–Crippen LogP) is 4.40. The van der Waals surface area contributed by atoms with Crippen LogP contribution in [0.2, 0.25) is 5.02 Å². The van der Waals surface area contributed by atoms with Gasteiger partial charge in [-0.1, -0.05) is 49.7 Å². The highest BCUT2D eigenvalue weighted by molar-refractivity contribution is 8.03. The Kier molecular flexibility index (Phi) is 5.98. The Morgan fingerprint density at radius 2 is 1.78 bits per heavy atom. The molecule has 0 amide bonds. The molecular formula is C20H16ClN2O3S-. The molecule has 2 aromatic carbocycles. The maximum Gasteiger partial charge on any atom is 0.281 e. The zero-order valence-corrected chi connectivity index (χ0v) is 16.3. The minimum absolute atomic E-state index is 0.0152.